The number of aliphatic carboxylic acids is 1. The maximum Gasteiger partial charge on any atom is 0.408 e. The smallest absolute Gasteiger partial charge is 0.408 e. The fourth-order valence-electron chi connectivity index (χ4n) is 1.19. The molecule has 16 heavy (non-hydrogen) atoms. The summed E-state index contributed by atoms with van der Waals surface area (Å²) in [5.41, 5.74) is -1.37. The molecule has 0 aromatic heterocycles. The van der Waals surface area contributed by atoms with Crippen LogP contribution in [-0.2, 0) is 9.53 Å². The van der Waals surface area contributed by atoms with Crippen LogP contribution in [0.25, 0.3) is 0 Å². The van der Waals surface area contributed by atoms with E-state index in [4.69, 9.17) is 5.11 Å². The zero-order valence-corrected chi connectivity index (χ0v) is 9.82. The molecule has 0 aliphatic heterocycles. The van der Waals surface area contributed by atoms with E-state index in [2.05, 4.69) is 16.6 Å². The van der Waals surface area contributed by atoms with Crippen LogP contribution in [0.1, 0.15) is 6.92 Å². The second kappa shape index (κ2) is 6.12. The van der Waals surface area contributed by atoms with Crippen LogP contribution in [0, 0.1) is 0 Å². The maximum atomic E-state index is 11.2. The van der Waals surface area contributed by atoms with E-state index < -0.39 is 17.6 Å². The lowest BCUT2D eigenvalue weighted by Crippen LogP contribution is -2.57. The van der Waals surface area contributed by atoms with Crippen LogP contribution in [0.15, 0.2) is 12.7 Å². The molecule has 0 fully saturated rings. The third-order valence-electron chi connectivity index (χ3n) is 1.81. The molecule has 0 bridgehead atoms. The molecule has 0 heterocycles. The van der Waals surface area contributed by atoms with Crippen LogP contribution in [0.2, 0.25) is 0 Å². The molecule has 0 radical (unpaired) electrons. The molecule has 1 amide bonds. The van der Waals surface area contributed by atoms with Crippen molar-refractivity contribution in [2.24, 2.45) is 0 Å². The monoisotopic (exact) mass is 230 g/mol. The standard InChI is InChI=1S/C10H18N2O4/c1-5-6-16-9(15)11-10(2,8(13)14)7-12(3)4/h5H,1,6-7H2,2-4H3,(H,11,15)(H,13,14). The molecule has 92 valence electrons. The van der Waals surface area contributed by atoms with Crippen LogP contribution < -0.4 is 5.32 Å². The summed E-state index contributed by atoms with van der Waals surface area (Å²) in [6.07, 6.45) is 0.635. The number of carbonyl (C=O) groups is 2. The number of alkyl carbamates (subject to hydrolysis) is 1. The number of hydrogen-bond acceptors (Lipinski definition) is 4. The minimum atomic E-state index is -1.37. The second-order valence-electron chi connectivity index (χ2n) is 3.89. The Hall–Kier alpha value is -1.56. The van der Waals surface area contributed by atoms with Crippen molar-refractivity contribution in [1.29, 1.82) is 0 Å². The van der Waals surface area contributed by atoms with Crippen molar-refractivity contribution in [3.05, 3.63) is 12.7 Å². The number of ether oxygens (including phenoxy) is 1. The molecule has 0 aromatic carbocycles. The topological polar surface area (TPSA) is 78.9 Å². The third-order valence-corrected chi connectivity index (χ3v) is 1.81. The van der Waals surface area contributed by atoms with Gasteiger partial charge in [0.15, 0.2) is 5.54 Å². The number of rotatable bonds is 6. The fraction of sp³-hybridized carbons (Fsp3) is 0.600. The quantitative estimate of drug-likeness (QED) is 0.642. The Morgan fingerprint density at radius 2 is 2.12 bits per heavy atom. The van der Waals surface area contributed by atoms with Gasteiger partial charge in [0.2, 0.25) is 0 Å². The van der Waals surface area contributed by atoms with E-state index in [1.807, 2.05) is 0 Å². The Kier molecular flexibility index (Phi) is 5.52. The molecule has 6 nitrogen and oxygen atoms in total. The first-order valence-corrected chi connectivity index (χ1v) is 4.76. The van der Waals surface area contributed by atoms with Crippen LogP contribution >= 0.6 is 0 Å². The fourth-order valence-corrected chi connectivity index (χ4v) is 1.19. The van der Waals surface area contributed by atoms with Gasteiger partial charge in [-0.3, -0.25) is 0 Å². The molecule has 6 heteroatoms. The van der Waals surface area contributed by atoms with Crippen LogP contribution in [0.5, 0.6) is 0 Å². The summed E-state index contributed by atoms with van der Waals surface area (Å²) in [5.74, 6) is -1.11. The Morgan fingerprint density at radius 3 is 2.50 bits per heavy atom. The molecule has 0 aliphatic rings. The highest BCUT2D eigenvalue weighted by molar-refractivity contribution is 5.84. The third kappa shape index (κ3) is 4.79. The highest BCUT2D eigenvalue weighted by atomic mass is 16.5. The lowest BCUT2D eigenvalue weighted by atomic mass is 10.0. The van der Waals surface area contributed by atoms with Crippen LogP contribution in [-0.4, -0.2) is 54.9 Å². The van der Waals surface area contributed by atoms with Gasteiger partial charge in [-0.2, -0.15) is 0 Å². The van der Waals surface area contributed by atoms with Crippen molar-refractivity contribution in [3.63, 3.8) is 0 Å². The number of carboxylic acid groups (broad SMARTS) is 1. The molecular weight excluding hydrogens is 212 g/mol. The van der Waals surface area contributed by atoms with Gasteiger partial charge < -0.3 is 20.1 Å². The number of hydrogen-bond donors (Lipinski definition) is 2. The van der Waals surface area contributed by atoms with Gasteiger partial charge >= 0.3 is 12.1 Å². The summed E-state index contributed by atoms with van der Waals surface area (Å²) in [6.45, 7) is 5.02. The summed E-state index contributed by atoms with van der Waals surface area (Å²) in [7, 11) is 3.44. The largest absolute Gasteiger partial charge is 0.479 e. The zero-order valence-electron chi connectivity index (χ0n) is 9.82. The highest BCUT2D eigenvalue weighted by Gasteiger charge is 2.35. The van der Waals surface area contributed by atoms with Gasteiger partial charge in [0.1, 0.15) is 6.61 Å². The highest BCUT2D eigenvalue weighted by Crippen LogP contribution is 2.06. The van der Waals surface area contributed by atoms with Gasteiger partial charge in [0, 0.05) is 6.54 Å². The number of nitrogens with zero attached hydrogens (tertiary/aromatic N) is 1. The van der Waals surface area contributed by atoms with Crippen molar-refractivity contribution in [2.75, 3.05) is 27.2 Å². The molecule has 1 unspecified atom stereocenters. The number of nitrogens with one attached hydrogen (secondary N) is 1. The number of likely N-dealkylation sites (N-methyl/N-ethyl adjacent to an activating group) is 1. The number of carbonyl (C=O) groups excluding carboxylic acids is 1. The van der Waals surface area contributed by atoms with Crippen molar-refractivity contribution in [1.82, 2.24) is 10.2 Å². The van der Waals surface area contributed by atoms with E-state index in [0.29, 0.717) is 0 Å². The summed E-state index contributed by atoms with van der Waals surface area (Å²) >= 11 is 0. The molecule has 1 atom stereocenters. The van der Waals surface area contributed by atoms with Crippen molar-refractivity contribution >= 4 is 12.1 Å². The van der Waals surface area contributed by atoms with E-state index in [1.165, 1.54) is 13.0 Å². The number of amides is 1. The van der Waals surface area contributed by atoms with E-state index >= 15 is 0 Å². The maximum absolute atomic E-state index is 11.2. The first-order valence-electron chi connectivity index (χ1n) is 4.76. The first kappa shape index (κ1) is 14.4. The van der Waals surface area contributed by atoms with E-state index in [0.717, 1.165) is 0 Å². The van der Waals surface area contributed by atoms with Crippen LogP contribution in [0.3, 0.4) is 0 Å². The SMILES string of the molecule is C=CCOC(=O)NC(C)(CN(C)C)C(=O)O. The summed E-state index contributed by atoms with van der Waals surface area (Å²) in [4.78, 5) is 24.0. The van der Waals surface area contributed by atoms with Crippen molar-refractivity contribution < 1.29 is 19.4 Å². The Labute approximate surface area is 94.9 Å². The predicted molar refractivity (Wildman–Crippen MR) is 59.3 cm³/mol. The Balaban J connectivity index is 4.49. The second-order valence-corrected chi connectivity index (χ2v) is 3.89. The van der Waals surface area contributed by atoms with Gasteiger partial charge in [0.25, 0.3) is 0 Å². The van der Waals surface area contributed by atoms with Crippen LogP contribution in [0.4, 0.5) is 4.79 Å². The summed E-state index contributed by atoms with van der Waals surface area (Å²) in [5, 5.41) is 11.3. The van der Waals surface area contributed by atoms with Gasteiger partial charge in [0.05, 0.1) is 0 Å². The van der Waals surface area contributed by atoms with Gasteiger partial charge in [-0.25, -0.2) is 9.59 Å². The molecule has 2 N–H and O–H groups in total. The Morgan fingerprint density at radius 1 is 1.56 bits per heavy atom. The lowest BCUT2D eigenvalue weighted by molar-refractivity contribution is -0.144. The average Bonchev–Trinajstić information content (AvgIpc) is 2.12. The predicted octanol–water partition coefficient (Wildman–Crippen LogP) is 0.303. The Bertz CT molecular complexity index is 278. The average molecular weight is 230 g/mol. The van der Waals surface area contributed by atoms with Gasteiger partial charge in [-0.15, -0.1) is 0 Å². The van der Waals surface area contributed by atoms with Crippen molar-refractivity contribution in [2.45, 2.75) is 12.5 Å². The minimum absolute atomic E-state index is 0.0451. The molecule has 0 spiro atoms. The first-order chi connectivity index (χ1) is 7.31. The molecule has 0 saturated carbocycles. The minimum Gasteiger partial charge on any atom is -0.479 e. The number of carboxylic acids is 1. The van der Waals surface area contributed by atoms with Crippen molar-refractivity contribution in [3.8, 4) is 0 Å². The molecule has 0 aliphatic carbocycles. The molecule has 0 rings (SSSR count). The molecule has 0 aromatic rings. The van der Waals surface area contributed by atoms with E-state index in [-0.39, 0.29) is 13.2 Å². The normalized spacial score (nSPS) is 14.0. The molecule has 0 saturated heterocycles. The van der Waals surface area contributed by atoms with E-state index in [9.17, 15) is 9.59 Å². The summed E-state index contributed by atoms with van der Waals surface area (Å²) in [6, 6.07) is 0. The van der Waals surface area contributed by atoms with E-state index in [1.54, 1.807) is 19.0 Å². The van der Waals surface area contributed by atoms with Gasteiger partial charge in [-0.05, 0) is 21.0 Å². The lowest BCUT2D eigenvalue weighted by Gasteiger charge is -2.28. The zero-order chi connectivity index (χ0) is 12.8. The molecular formula is C10H18N2O4. The van der Waals surface area contributed by atoms with Gasteiger partial charge in [-0.1, -0.05) is 12.7 Å². The summed E-state index contributed by atoms with van der Waals surface area (Å²) < 4.78 is 4.67.